The summed E-state index contributed by atoms with van der Waals surface area (Å²) in [7, 11) is 2.14. The maximum atomic E-state index is 5.77. The molecule has 0 unspecified atom stereocenters. The molecule has 3 heteroatoms. The van der Waals surface area contributed by atoms with Crippen molar-refractivity contribution in [3.63, 3.8) is 0 Å². The van der Waals surface area contributed by atoms with Crippen molar-refractivity contribution >= 4 is 17.0 Å². The largest absolute Gasteiger partial charge is 0.399 e. The molecular formula is C14H18N2S. The highest BCUT2D eigenvalue weighted by molar-refractivity contribution is 7.11. The van der Waals surface area contributed by atoms with Crippen LogP contribution >= 0.6 is 11.3 Å². The van der Waals surface area contributed by atoms with Gasteiger partial charge in [0.25, 0.3) is 0 Å². The minimum atomic E-state index is 0.836. The fourth-order valence-electron chi connectivity index (χ4n) is 1.90. The third kappa shape index (κ3) is 3.58. The molecule has 0 spiro atoms. The first-order valence-corrected chi connectivity index (χ1v) is 6.53. The average molecular weight is 246 g/mol. The van der Waals surface area contributed by atoms with Crippen LogP contribution in [-0.2, 0) is 13.1 Å². The van der Waals surface area contributed by atoms with Gasteiger partial charge in [0.05, 0.1) is 0 Å². The summed E-state index contributed by atoms with van der Waals surface area (Å²) in [6, 6.07) is 12.5. The van der Waals surface area contributed by atoms with E-state index in [1.54, 1.807) is 0 Å². The van der Waals surface area contributed by atoms with Crippen LogP contribution in [0.25, 0.3) is 0 Å². The van der Waals surface area contributed by atoms with Crippen molar-refractivity contribution in [2.24, 2.45) is 0 Å². The molecule has 0 aliphatic rings. The highest BCUT2D eigenvalue weighted by Gasteiger charge is 2.03. The lowest BCUT2D eigenvalue weighted by atomic mass is 10.2. The van der Waals surface area contributed by atoms with Gasteiger partial charge >= 0.3 is 0 Å². The van der Waals surface area contributed by atoms with Crippen molar-refractivity contribution in [2.45, 2.75) is 20.0 Å². The Labute approximate surface area is 107 Å². The number of hydrogen-bond acceptors (Lipinski definition) is 3. The van der Waals surface area contributed by atoms with Gasteiger partial charge in [-0.2, -0.15) is 0 Å². The van der Waals surface area contributed by atoms with Crippen LogP contribution in [0.15, 0.2) is 36.4 Å². The molecule has 1 aromatic heterocycles. The number of thiophene rings is 1. The van der Waals surface area contributed by atoms with Crippen molar-refractivity contribution in [3.8, 4) is 0 Å². The van der Waals surface area contributed by atoms with Gasteiger partial charge < -0.3 is 5.73 Å². The van der Waals surface area contributed by atoms with Crippen molar-refractivity contribution in [1.29, 1.82) is 0 Å². The van der Waals surface area contributed by atoms with E-state index in [0.717, 1.165) is 18.8 Å². The number of nitrogens with zero attached hydrogens (tertiary/aromatic N) is 1. The van der Waals surface area contributed by atoms with E-state index in [-0.39, 0.29) is 0 Å². The summed E-state index contributed by atoms with van der Waals surface area (Å²) in [5.74, 6) is 0. The van der Waals surface area contributed by atoms with Crippen LogP contribution in [0.2, 0.25) is 0 Å². The summed E-state index contributed by atoms with van der Waals surface area (Å²) >= 11 is 1.86. The van der Waals surface area contributed by atoms with E-state index in [2.05, 4.69) is 37.1 Å². The maximum absolute atomic E-state index is 5.77. The average Bonchev–Trinajstić information content (AvgIpc) is 2.63. The van der Waals surface area contributed by atoms with E-state index >= 15 is 0 Å². The zero-order chi connectivity index (χ0) is 12.3. The molecule has 1 aromatic carbocycles. The number of aryl methyl sites for hydroxylation is 1. The lowest BCUT2D eigenvalue weighted by Crippen LogP contribution is -2.16. The second-order valence-electron chi connectivity index (χ2n) is 4.43. The number of nitrogens with two attached hydrogens (primary N) is 1. The molecule has 2 aromatic rings. The fraction of sp³-hybridized carbons (Fsp3) is 0.286. The molecule has 0 amide bonds. The molecule has 0 radical (unpaired) electrons. The predicted molar refractivity (Wildman–Crippen MR) is 75.1 cm³/mol. The summed E-state index contributed by atoms with van der Waals surface area (Å²) in [4.78, 5) is 5.09. The Morgan fingerprint density at radius 2 is 2.00 bits per heavy atom. The molecule has 2 rings (SSSR count). The quantitative estimate of drug-likeness (QED) is 0.839. The van der Waals surface area contributed by atoms with Gasteiger partial charge in [0, 0.05) is 28.5 Å². The van der Waals surface area contributed by atoms with E-state index in [1.807, 2.05) is 29.5 Å². The standard InChI is InChI=1S/C14H18N2S/c1-11-6-7-14(17-11)10-16(2)9-12-4-3-5-13(15)8-12/h3-8H,9-10,15H2,1-2H3. The minimum Gasteiger partial charge on any atom is -0.399 e. The molecule has 0 atom stereocenters. The van der Waals surface area contributed by atoms with Gasteiger partial charge in [-0.1, -0.05) is 12.1 Å². The highest BCUT2D eigenvalue weighted by atomic mass is 32.1. The van der Waals surface area contributed by atoms with Gasteiger partial charge in [-0.25, -0.2) is 0 Å². The first-order valence-electron chi connectivity index (χ1n) is 5.72. The molecule has 1 heterocycles. The Balaban J connectivity index is 1.95. The Bertz CT molecular complexity index is 490. The Morgan fingerprint density at radius 1 is 1.18 bits per heavy atom. The summed E-state index contributed by atoms with van der Waals surface area (Å²) < 4.78 is 0. The van der Waals surface area contributed by atoms with Crippen molar-refractivity contribution in [3.05, 3.63) is 51.7 Å². The molecule has 2 nitrogen and oxygen atoms in total. The number of anilines is 1. The fourth-order valence-corrected chi connectivity index (χ4v) is 2.87. The predicted octanol–water partition coefficient (Wildman–Crippen LogP) is 3.27. The second-order valence-corrected chi connectivity index (χ2v) is 5.80. The Hall–Kier alpha value is -1.32. The topological polar surface area (TPSA) is 29.3 Å². The third-order valence-corrected chi connectivity index (χ3v) is 3.61. The molecule has 0 fully saturated rings. The van der Waals surface area contributed by atoms with Gasteiger partial charge in [0.15, 0.2) is 0 Å². The van der Waals surface area contributed by atoms with E-state index < -0.39 is 0 Å². The summed E-state index contributed by atoms with van der Waals surface area (Å²) in [5.41, 5.74) is 7.87. The number of benzene rings is 1. The van der Waals surface area contributed by atoms with Crippen LogP contribution in [-0.4, -0.2) is 11.9 Å². The van der Waals surface area contributed by atoms with Crippen LogP contribution in [0.3, 0.4) is 0 Å². The van der Waals surface area contributed by atoms with Crippen LogP contribution in [0.5, 0.6) is 0 Å². The van der Waals surface area contributed by atoms with E-state index in [9.17, 15) is 0 Å². The first kappa shape index (κ1) is 12.1. The van der Waals surface area contributed by atoms with E-state index in [1.165, 1.54) is 15.3 Å². The van der Waals surface area contributed by atoms with Crippen molar-refractivity contribution in [2.75, 3.05) is 12.8 Å². The molecule has 0 saturated heterocycles. The monoisotopic (exact) mass is 246 g/mol. The summed E-state index contributed by atoms with van der Waals surface area (Å²) in [5, 5.41) is 0. The molecular weight excluding hydrogens is 228 g/mol. The van der Waals surface area contributed by atoms with E-state index in [0.29, 0.717) is 0 Å². The van der Waals surface area contributed by atoms with Crippen molar-refractivity contribution in [1.82, 2.24) is 4.90 Å². The van der Waals surface area contributed by atoms with Crippen LogP contribution in [0, 0.1) is 6.92 Å². The molecule has 90 valence electrons. The van der Waals surface area contributed by atoms with Gasteiger partial charge in [-0.15, -0.1) is 11.3 Å². The smallest absolute Gasteiger partial charge is 0.0328 e. The highest BCUT2D eigenvalue weighted by Crippen LogP contribution is 2.17. The first-order chi connectivity index (χ1) is 8.13. The zero-order valence-electron chi connectivity index (χ0n) is 10.3. The lowest BCUT2D eigenvalue weighted by molar-refractivity contribution is 0.322. The number of nitrogen functional groups attached to an aromatic ring is 1. The molecule has 17 heavy (non-hydrogen) atoms. The third-order valence-electron chi connectivity index (χ3n) is 2.63. The van der Waals surface area contributed by atoms with Crippen LogP contribution < -0.4 is 5.73 Å². The molecule has 0 aliphatic carbocycles. The zero-order valence-corrected chi connectivity index (χ0v) is 11.1. The van der Waals surface area contributed by atoms with Crippen LogP contribution in [0.1, 0.15) is 15.3 Å². The lowest BCUT2D eigenvalue weighted by Gasteiger charge is -2.15. The number of rotatable bonds is 4. The second kappa shape index (κ2) is 5.34. The molecule has 0 aliphatic heterocycles. The minimum absolute atomic E-state index is 0.836. The molecule has 2 N–H and O–H groups in total. The molecule has 0 bridgehead atoms. The summed E-state index contributed by atoms with van der Waals surface area (Å²) in [6.07, 6.45) is 0. The Kier molecular flexibility index (Phi) is 3.82. The van der Waals surface area contributed by atoms with Gasteiger partial charge in [-0.05, 0) is 43.8 Å². The maximum Gasteiger partial charge on any atom is 0.0328 e. The molecule has 0 saturated carbocycles. The Morgan fingerprint density at radius 3 is 2.65 bits per heavy atom. The summed E-state index contributed by atoms with van der Waals surface area (Å²) in [6.45, 7) is 4.07. The van der Waals surface area contributed by atoms with Gasteiger partial charge in [0.2, 0.25) is 0 Å². The number of hydrogen-bond donors (Lipinski definition) is 1. The van der Waals surface area contributed by atoms with Crippen molar-refractivity contribution < 1.29 is 0 Å². The van der Waals surface area contributed by atoms with Gasteiger partial charge in [-0.3, -0.25) is 4.90 Å². The van der Waals surface area contributed by atoms with E-state index in [4.69, 9.17) is 5.73 Å². The SMILES string of the molecule is Cc1ccc(CN(C)Cc2cccc(N)c2)s1. The van der Waals surface area contributed by atoms with Gasteiger partial charge in [0.1, 0.15) is 0 Å². The normalized spacial score (nSPS) is 11.0. The van der Waals surface area contributed by atoms with Crippen LogP contribution in [0.4, 0.5) is 5.69 Å².